The Bertz CT molecular complexity index is 705. The molecule has 112 valence electrons. The second-order valence-corrected chi connectivity index (χ2v) is 5.11. The summed E-state index contributed by atoms with van der Waals surface area (Å²) in [5, 5.41) is 15.1. The highest BCUT2D eigenvalue weighted by Crippen LogP contribution is 2.33. The lowest BCUT2D eigenvalue weighted by Crippen LogP contribution is -2.39. The number of hydrogen-bond acceptors (Lipinski definition) is 5. The largest absolute Gasteiger partial charge is 0.368 e. The number of anilines is 1. The summed E-state index contributed by atoms with van der Waals surface area (Å²) in [5.41, 5.74) is 0.781. The highest BCUT2D eigenvalue weighted by molar-refractivity contribution is 5.71. The maximum absolute atomic E-state index is 13.3. The molecule has 1 aliphatic rings. The summed E-state index contributed by atoms with van der Waals surface area (Å²) in [6.07, 6.45) is 0.737. The fourth-order valence-electron chi connectivity index (χ4n) is 2.47. The van der Waals surface area contributed by atoms with Crippen molar-refractivity contribution in [3.8, 4) is 0 Å². The van der Waals surface area contributed by atoms with Crippen LogP contribution in [0.15, 0.2) is 12.3 Å². The van der Waals surface area contributed by atoms with Crippen molar-refractivity contribution in [3.05, 3.63) is 28.2 Å². The van der Waals surface area contributed by atoms with Gasteiger partial charge in [-0.1, -0.05) is 0 Å². The third-order valence-electron chi connectivity index (χ3n) is 3.55. The van der Waals surface area contributed by atoms with Crippen LogP contribution in [0.4, 0.5) is 20.2 Å². The number of alkyl halides is 2. The van der Waals surface area contributed by atoms with Gasteiger partial charge in [0.2, 0.25) is 0 Å². The first kappa shape index (κ1) is 13.7. The number of hydrogen-bond donors (Lipinski definition) is 0. The fourth-order valence-corrected chi connectivity index (χ4v) is 2.47. The van der Waals surface area contributed by atoms with E-state index in [4.69, 9.17) is 0 Å². The highest BCUT2D eigenvalue weighted by Gasteiger charge is 2.35. The van der Waals surface area contributed by atoms with E-state index in [0.29, 0.717) is 17.2 Å². The molecule has 0 saturated carbocycles. The van der Waals surface area contributed by atoms with Crippen molar-refractivity contribution in [3.63, 3.8) is 0 Å². The molecule has 3 rings (SSSR count). The molecule has 2 aromatic heterocycles. The minimum Gasteiger partial charge on any atom is -0.368 e. The van der Waals surface area contributed by atoms with Crippen molar-refractivity contribution in [2.45, 2.75) is 25.7 Å². The van der Waals surface area contributed by atoms with Crippen LogP contribution in [0.2, 0.25) is 0 Å². The molecular formula is C12H13F2N5O2. The van der Waals surface area contributed by atoms with E-state index < -0.39 is 10.8 Å². The summed E-state index contributed by atoms with van der Waals surface area (Å²) in [4.78, 5) is 16.4. The van der Waals surface area contributed by atoms with Crippen LogP contribution in [0.3, 0.4) is 0 Å². The van der Waals surface area contributed by atoms with Gasteiger partial charge in [0.05, 0.1) is 10.6 Å². The van der Waals surface area contributed by atoms with Gasteiger partial charge < -0.3 is 4.90 Å². The zero-order valence-corrected chi connectivity index (χ0v) is 11.3. The van der Waals surface area contributed by atoms with Crippen molar-refractivity contribution in [1.29, 1.82) is 0 Å². The molecule has 0 unspecified atom stereocenters. The summed E-state index contributed by atoms with van der Waals surface area (Å²) in [5.74, 6) is -2.20. The zero-order valence-electron chi connectivity index (χ0n) is 11.3. The molecule has 0 N–H and O–H groups in total. The lowest BCUT2D eigenvalue weighted by molar-refractivity contribution is -0.385. The summed E-state index contributed by atoms with van der Waals surface area (Å²) in [6, 6.07) is 1.37. The van der Waals surface area contributed by atoms with Gasteiger partial charge in [-0.05, 0) is 6.92 Å². The van der Waals surface area contributed by atoms with Crippen LogP contribution in [0.1, 0.15) is 18.7 Å². The molecule has 21 heavy (non-hydrogen) atoms. The predicted molar refractivity (Wildman–Crippen MR) is 70.8 cm³/mol. The fraction of sp³-hybridized carbons (Fsp3) is 0.500. The maximum Gasteiger partial charge on any atom is 0.289 e. The van der Waals surface area contributed by atoms with Crippen LogP contribution >= 0.6 is 0 Å². The molecule has 0 bridgehead atoms. The third-order valence-corrected chi connectivity index (χ3v) is 3.55. The van der Waals surface area contributed by atoms with Crippen LogP contribution in [-0.2, 0) is 0 Å². The van der Waals surface area contributed by atoms with Gasteiger partial charge in [-0.2, -0.15) is 5.10 Å². The molecule has 0 amide bonds. The van der Waals surface area contributed by atoms with Crippen molar-refractivity contribution in [2.75, 3.05) is 18.0 Å². The van der Waals surface area contributed by atoms with E-state index in [-0.39, 0.29) is 31.6 Å². The Morgan fingerprint density at radius 2 is 2.05 bits per heavy atom. The average Bonchev–Trinajstić information content (AvgIpc) is 2.78. The molecule has 0 atom stereocenters. The minimum atomic E-state index is -2.67. The van der Waals surface area contributed by atoms with Gasteiger partial charge in [0, 0.05) is 32.0 Å². The number of nitro groups is 1. The van der Waals surface area contributed by atoms with Gasteiger partial charge in [-0.25, -0.2) is 18.3 Å². The zero-order chi connectivity index (χ0) is 15.2. The molecule has 0 aliphatic carbocycles. The smallest absolute Gasteiger partial charge is 0.289 e. The van der Waals surface area contributed by atoms with E-state index in [1.807, 2.05) is 0 Å². The van der Waals surface area contributed by atoms with Crippen molar-refractivity contribution < 1.29 is 13.7 Å². The first-order valence-electron chi connectivity index (χ1n) is 6.50. The van der Waals surface area contributed by atoms with Crippen LogP contribution in [0.25, 0.3) is 5.65 Å². The maximum atomic E-state index is 13.3. The summed E-state index contributed by atoms with van der Waals surface area (Å²) >= 11 is 0. The summed E-state index contributed by atoms with van der Waals surface area (Å²) in [7, 11) is 0. The average molecular weight is 297 g/mol. The number of aryl methyl sites for hydroxylation is 1. The SMILES string of the molecule is Cc1nc2c(N3CCC(F)(F)CC3)cc([N+](=O)[O-])cn2n1. The Morgan fingerprint density at radius 1 is 1.38 bits per heavy atom. The molecule has 1 saturated heterocycles. The number of aromatic nitrogens is 3. The first-order valence-corrected chi connectivity index (χ1v) is 6.50. The lowest BCUT2D eigenvalue weighted by Gasteiger charge is -2.33. The van der Waals surface area contributed by atoms with Crippen molar-refractivity contribution >= 4 is 17.0 Å². The molecule has 1 aliphatic heterocycles. The molecule has 9 heteroatoms. The van der Waals surface area contributed by atoms with Crippen molar-refractivity contribution in [2.24, 2.45) is 0 Å². The molecule has 1 fully saturated rings. The highest BCUT2D eigenvalue weighted by atomic mass is 19.3. The third kappa shape index (κ3) is 2.50. The number of rotatable bonds is 2. The summed E-state index contributed by atoms with van der Waals surface area (Å²) in [6.45, 7) is 1.94. The number of pyridine rings is 1. The molecule has 0 aromatic carbocycles. The van der Waals surface area contributed by atoms with Crippen LogP contribution in [0, 0.1) is 17.0 Å². The molecule has 2 aromatic rings. The van der Waals surface area contributed by atoms with Crippen molar-refractivity contribution in [1.82, 2.24) is 14.6 Å². The van der Waals surface area contributed by atoms with Crippen LogP contribution in [0.5, 0.6) is 0 Å². The first-order chi connectivity index (χ1) is 9.85. The van der Waals surface area contributed by atoms with Crippen LogP contribution < -0.4 is 4.90 Å². The van der Waals surface area contributed by atoms with E-state index >= 15 is 0 Å². The predicted octanol–water partition coefficient (Wildman–Crippen LogP) is 2.18. The van der Waals surface area contributed by atoms with Gasteiger partial charge in [0.1, 0.15) is 12.0 Å². The van der Waals surface area contributed by atoms with E-state index in [0.717, 1.165) is 0 Å². The van der Waals surface area contributed by atoms with Gasteiger partial charge in [-0.15, -0.1) is 0 Å². The summed E-state index contributed by atoms with van der Waals surface area (Å²) < 4.78 is 27.8. The van der Waals surface area contributed by atoms with E-state index in [1.54, 1.807) is 11.8 Å². The van der Waals surface area contributed by atoms with Gasteiger partial charge in [-0.3, -0.25) is 10.1 Å². The van der Waals surface area contributed by atoms with Gasteiger partial charge in [0.25, 0.3) is 11.6 Å². The minimum absolute atomic E-state index is 0.135. The van der Waals surface area contributed by atoms with Gasteiger partial charge in [0.15, 0.2) is 5.65 Å². The Kier molecular flexibility index (Phi) is 2.99. The Morgan fingerprint density at radius 3 is 2.67 bits per heavy atom. The number of fused-ring (bicyclic) bond motifs is 1. The second kappa shape index (κ2) is 4.61. The van der Waals surface area contributed by atoms with Crippen LogP contribution in [-0.4, -0.2) is 38.5 Å². The standard InChI is InChI=1S/C12H13F2N5O2/c1-8-15-11-10(17-4-2-12(13,14)3-5-17)6-9(19(20)21)7-18(11)16-8/h6-7H,2-5H2,1H3. The Hall–Kier alpha value is -2.32. The quantitative estimate of drug-likeness (QED) is 0.627. The topological polar surface area (TPSA) is 76.6 Å². The molecule has 0 spiro atoms. The Labute approximate surface area is 118 Å². The monoisotopic (exact) mass is 297 g/mol. The second-order valence-electron chi connectivity index (χ2n) is 5.11. The van der Waals surface area contributed by atoms with E-state index in [1.165, 1.54) is 16.8 Å². The molecule has 0 radical (unpaired) electrons. The lowest BCUT2D eigenvalue weighted by atomic mass is 10.1. The number of nitrogens with zero attached hydrogens (tertiary/aromatic N) is 5. The van der Waals surface area contributed by atoms with Gasteiger partial charge >= 0.3 is 0 Å². The molecule has 7 nitrogen and oxygen atoms in total. The Balaban J connectivity index is 2.06. The normalized spacial score (nSPS) is 18.1. The number of piperidine rings is 1. The number of halogens is 2. The molecular weight excluding hydrogens is 284 g/mol. The molecule has 3 heterocycles. The van der Waals surface area contributed by atoms with E-state index in [2.05, 4.69) is 10.1 Å². The van der Waals surface area contributed by atoms with E-state index in [9.17, 15) is 18.9 Å².